The van der Waals surface area contributed by atoms with Gasteiger partial charge >= 0.3 is 0 Å². The van der Waals surface area contributed by atoms with Crippen molar-refractivity contribution in [3.63, 3.8) is 0 Å². The van der Waals surface area contributed by atoms with Gasteiger partial charge in [-0.2, -0.15) is 0 Å². The molecule has 1 aliphatic rings. The summed E-state index contributed by atoms with van der Waals surface area (Å²) < 4.78 is 0. The maximum Gasteiger partial charge on any atom is 0.293 e. The van der Waals surface area contributed by atoms with Crippen LogP contribution in [-0.2, 0) is 0 Å². The number of hydrogen-bond donors (Lipinski definition) is 0. The minimum Gasteiger partial charge on any atom is -0.372 e. The van der Waals surface area contributed by atoms with E-state index in [9.17, 15) is 19.7 Å². The molecule has 30 heavy (non-hydrogen) atoms. The molecule has 7 heteroatoms. The highest BCUT2D eigenvalue weighted by molar-refractivity contribution is 6.15. The molecule has 0 atom stereocenters. The first kappa shape index (κ1) is 21.5. The molecular weight excluding hydrogens is 382 g/mol. The predicted molar refractivity (Wildman–Crippen MR) is 116 cm³/mol. The normalized spacial score (nSPS) is 14.2. The highest BCUT2D eigenvalue weighted by atomic mass is 16.6. The first-order valence-corrected chi connectivity index (χ1v) is 10.2. The van der Waals surface area contributed by atoms with Gasteiger partial charge in [-0.1, -0.05) is 37.5 Å². The van der Waals surface area contributed by atoms with Crippen molar-refractivity contribution in [3.8, 4) is 0 Å². The summed E-state index contributed by atoms with van der Waals surface area (Å²) in [6, 6.07) is 11.3. The number of nitrogens with zero attached hydrogens (tertiary/aromatic N) is 3. The lowest BCUT2D eigenvalue weighted by molar-refractivity contribution is -0.384. The Morgan fingerprint density at radius 2 is 1.60 bits per heavy atom. The van der Waals surface area contributed by atoms with Crippen molar-refractivity contribution in [1.82, 2.24) is 4.90 Å². The SMILES string of the molecule is CN(C)c1ccc(C(=O)c2ccccc2C(=O)N(C)C2CCCCC2)cc1[N+](=O)[O-]. The first-order chi connectivity index (χ1) is 14.3. The summed E-state index contributed by atoms with van der Waals surface area (Å²) in [5.41, 5.74) is 1.05. The Morgan fingerprint density at radius 1 is 0.967 bits per heavy atom. The Bertz CT molecular complexity index is 965. The van der Waals surface area contributed by atoms with Crippen LogP contribution in [0.3, 0.4) is 0 Å². The highest BCUT2D eigenvalue weighted by Gasteiger charge is 2.27. The van der Waals surface area contributed by atoms with Crippen LogP contribution in [0.15, 0.2) is 42.5 Å². The van der Waals surface area contributed by atoms with E-state index in [1.165, 1.54) is 12.5 Å². The number of nitro benzene ring substituents is 1. The molecule has 0 spiro atoms. The third kappa shape index (κ3) is 4.35. The van der Waals surface area contributed by atoms with Crippen molar-refractivity contribution in [2.75, 3.05) is 26.0 Å². The Kier molecular flexibility index (Phi) is 6.50. The Hall–Kier alpha value is -3.22. The number of ketones is 1. The Labute approximate surface area is 176 Å². The molecule has 0 saturated heterocycles. The molecule has 0 unspecified atom stereocenters. The molecule has 1 amide bonds. The van der Waals surface area contributed by atoms with Gasteiger partial charge in [-0.05, 0) is 31.0 Å². The highest BCUT2D eigenvalue weighted by Crippen LogP contribution is 2.29. The molecule has 0 bridgehead atoms. The summed E-state index contributed by atoms with van der Waals surface area (Å²) in [7, 11) is 5.20. The monoisotopic (exact) mass is 409 g/mol. The third-order valence-corrected chi connectivity index (χ3v) is 5.76. The molecule has 7 nitrogen and oxygen atoms in total. The first-order valence-electron chi connectivity index (χ1n) is 10.2. The van der Waals surface area contributed by atoms with Crippen molar-refractivity contribution in [2.45, 2.75) is 38.1 Å². The smallest absolute Gasteiger partial charge is 0.293 e. The van der Waals surface area contributed by atoms with Crippen LogP contribution in [0.1, 0.15) is 58.4 Å². The zero-order chi connectivity index (χ0) is 21.8. The van der Waals surface area contributed by atoms with Crippen LogP contribution in [-0.4, -0.2) is 48.7 Å². The maximum absolute atomic E-state index is 13.2. The van der Waals surface area contributed by atoms with E-state index in [0.717, 1.165) is 25.7 Å². The van der Waals surface area contributed by atoms with Crippen molar-refractivity contribution >= 4 is 23.1 Å². The van der Waals surface area contributed by atoms with Crippen LogP contribution < -0.4 is 4.90 Å². The molecule has 2 aromatic rings. The fourth-order valence-electron chi connectivity index (χ4n) is 4.04. The van der Waals surface area contributed by atoms with Gasteiger partial charge in [0.05, 0.1) is 10.5 Å². The number of benzene rings is 2. The average molecular weight is 409 g/mol. The lowest BCUT2D eigenvalue weighted by atomic mass is 9.93. The molecule has 1 saturated carbocycles. The standard InChI is InChI=1S/C23H27N3O4/c1-24(2)20-14-13-16(15-21(20)26(29)30)22(27)18-11-7-8-12-19(18)23(28)25(3)17-9-5-4-6-10-17/h7-8,11-15,17H,4-6,9-10H2,1-3H3. The van der Waals surface area contributed by atoms with Gasteiger partial charge < -0.3 is 9.80 Å². The second-order valence-corrected chi connectivity index (χ2v) is 7.94. The van der Waals surface area contributed by atoms with E-state index in [0.29, 0.717) is 11.3 Å². The van der Waals surface area contributed by atoms with Gasteiger partial charge in [-0.3, -0.25) is 19.7 Å². The largest absolute Gasteiger partial charge is 0.372 e. The van der Waals surface area contributed by atoms with Gasteiger partial charge in [0.15, 0.2) is 5.78 Å². The second-order valence-electron chi connectivity index (χ2n) is 7.94. The van der Waals surface area contributed by atoms with Crippen LogP contribution in [0.2, 0.25) is 0 Å². The van der Waals surface area contributed by atoms with Crippen LogP contribution in [0.25, 0.3) is 0 Å². The van der Waals surface area contributed by atoms with E-state index in [-0.39, 0.29) is 28.8 Å². The second kappa shape index (κ2) is 9.07. The van der Waals surface area contributed by atoms with Crippen molar-refractivity contribution < 1.29 is 14.5 Å². The van der Waals surface area contributed by atoms with Crippen LogP contribution in [0, 0.1) is 10.1 Å². The zero-order valence-electron chi connectivity index (χ0n) is 17.6. The number of anilines is 1. The minimum atomic E-state index is -0.500. The number of carbonyl (C=O) groups is 2. The third-order valence-electron chi connectivity index (χ3n) is 5.76. The predicted octanol–water partition coefficient (Wildman–Crippen LogP) is 4.30. The van der Waals surface area contributed by atoms with Crippen molar-refractivity contribution in [1.29, 1.82) is 0 Å². The Balaban J connectivity index is 1.95. The molecule has 2 aromatic carbocycles. The summed E-state index contributed by atoms with van der Waals surface area (Å²) in [4.78, 5) is 40.7. The van der Waals surface area contributed by atoms with Gasteiger partial charge in [-0.25, -0.2) is 0 Å². The fourth-order valence-corrected chi connectivity index (χ4v) is 4.04. The summed E-state index contributed by atoms with van der Waals surface area (Å²) in [5.74, 6) is -0.588. The van der Waals surface area contributed by atoms with Gasteiger partial charge in [0.25, 0.3) is 11.6 Å². The van der Waals surface area contributed by atoms with Crippen LogP contribution >= 0.6 is 0 Å². The number of carbonyl (C=O) groups excluding carboxylic acids is 2. The Morgan fingerprint density at radius 3 is 2.20 bits per heavy atom. The van der Waals surface area contributed by atoms with Gasteiger partial charge in [0.1, 0.15) is 5.69 Å². The fraction of sp³-hybridized carbons (Fsp3) is 0.391. The molecule has 0 heterocycles. The molecule has 3 rings (SSSR count). The number of hydrogen-bond acceptors (Lipinski definition) is 5. The van der Waals surface area contributed by atoms with E-state index in [4.69, 9.17) is 0 Å². The number of amides is 1. The summed E-state index contributed by atoms with van der Waals surface area (Å²) in [6.07, 6.45) is 5.33. The van der Waals surface area contributed by atoms with Crippen molar-refractivity contribution in [3.05, 3.63) is 69.3 Å². The quantitative estimate of drug-likeness (QED) is 0.404. The van der Waals surface area contributed by atoms with E-state index in [1.54, 1.807) is 67.3 Å². The maximum atomic E-state index is 13.2. The van der Waals surface area contributed by atoms with Crippen LogP contribution in [0.5, 0.6) is 0 Å². The molecule has 1 aliphatic carbocycles. The molecule has 0 radical (unpaired) electrons. The van der Waals surface area contributed by atoms with E-state index >= 15 is 0 Å². The number of nitro groups is 1. The molecule has 158 valence electrons. The van der Waals surface area contributed by atoms with Gasteiger partial charge in [0, 0.05) is 44.4 Å². The van der Waals surface area contributed by atoms with Gasteiger partial charge in [-0.15, -0.1) is 0 Å². The molecule has 1 fully saturated rings. The summed E-state index contributed by atoms with van der Waals surface area (Å²) in [5, 5.41) is 11.5. The average Bonchev–Trinajstić information content (AvgIpc) is 2.77. The van der Waals surface area contributed by atoms with Crippen LogP contribution in [0.4, 0.5) is 11.4 Å². The number of rotatable bonds is 6. The zero-order valence-corrected chi connectivity index (χ0v) is 17.6. The van der Waals surface area contributed by atoms with Gasteiger partial charge in [0.2, 0.25) is 0 Å². The molecule has 0 N–H and O–H groups in total. The summed E-state index contributed by atoms with van der Waals surface area (Å²) >= 11 is 0. The van der Waals surface area contributed by atoms with Crippen molar-refractivity contribution in [2.24, 2.45) is 0 Å². The molecule has 0 aromatic heterocycles. The van der Waals surface area contributed by atoms with E-state index < -0.39 is 10.7 Å². The molecular formula is C23H27N3O4. The lowest BCUT2D eigenvalue weighted by Crippen LogP contribution is -2.38. The van der Waals surface area contributed by atoms with E-state index in [2.05, 4.69) is 0 Å². The minimum absolute atomic E-state index is 0.144. The topological polar surface area (TPSA) is 83.8 Å². The van der Waals surface area contributed by atoms with E-state index in [1.807, 2.05) is 0 Å². The lowest BCUT2D eigenvalue weighted by Gasteiger charge is -2.31. The summed E-state index contributed by atoms with van der Waals surface area (Å²) in [6.45, 7) is 0. The molecule has 0 aliphatic heterocycles.